The standard InChI is InChI=1S/C16H17NO3/c1-18-15-8-5-6-13(10-15)12-20-17-11-14-7-3-4-9-16(14)19-2/h3-11H,12H2,1-2H3. The molecule has 0 aliphatic carbocycles. The van der Waals surface area contributed by atoms with Crippen molar-refractivity contribution in [3.05, 3.63) is 59.7 Å². The fraction of sp³-hybridized carbons (Fsp3) is 0.188. The second kappa shape index (κ2) is 7.19. The van der Waals surface area contributed by atoms with Gasteiger partial charge in [0, 0.05) is 5.56 Å². The Balaban J connectivity index is 1.93. The highest BCUT2D eigenvalue weighted by Gasteiger charge is 1.98. The molecule has 2 rings (SSSR count). The summed E-state index contributed by atoms with van der Waals surface area (Å²) in [5, 5.41) is 3.96. The minimum Gasteiger partial charge on any atom is -0.497 e. The van der Waals surface area contributed by atoms with Crippen LogP contribution in [0.15, 0.2) is 53.7 Å². The van der Waals surface area contributed by atoms with E-state index in [0.29, 0.717) is 6.61 Å². The van der Waals surface area contributed by atoms with Gasteiger partial charge in [0.1, 0.15) is 18.1 Å². The minimum absolute atomic E-state index is 0.392. The van der Waals surface area contributed by atoms with E-state index >= 15 is 0 Å². The van der Waals surface area contributed by atoms with Gasteiger partial charge in [0.15, 0.2) is 0 Å². The van der Waals surface area contributed by atoms with Crippen molar-refractivity contribution in [3.8, 4) is 11.5 Å². The van der Waals surface area contributed by atoms with Crippen LogP contribution in [0.2, 0.25) is 0 Å². The van der Waals surface area contributed by atoms with E-state index < -0.39 is 0 Å². The SMILES string of the molecule is COc1cccc(CON=Cc2ccccc2OC)c1. The van der Waals surface area contributed by atoms with Crippen molar-refractivity contribution in [1.82, 2.24) is 0 Å². The molecule has 0 radical (unpaired) electrons. The Bertz CT molecular complexity index is 581. The molecule has 0 aliphatic rings. The van der Waals surface area contributed by atoms with E-state index in [2.05, 4.69) is 5.16 Å². The van der Waals surface area contributed by atoms with Crippen molar-refractivity contribution in [2.24, 2.45) is 5.16 Å². The highest BCUT2D eigenvalue weighted by Crippen LogP contribution is 2.15. The Morgan fingerprint density at radius 2 is 1.85 bits per heavy atom. The van der Waals surface area contributed by atoms with Crippen LogP contribution in [0.1, 0.15) is 11.1 Å². The number of nitrogens with zero attached hydrogens (tertiary/aromatic N) is 1. The number of rotatable bonds is 6. The first-order valence-corrected chi connectivity index (χ1v) is 6.25. The summed E-state index contributed by atoms with van der Waals surface area (Å²) in [6, 6.07) is 15.3. The summed E-state index contributed by atoms with van der Waals surface area (Å²) in [6.07, 6.45) is 1.64. The number of ether oxygens (including phenoxy) is 2. The Kier molecular flexibility index (Phi) is 5.00. The molecule has 0 fully saturated rings. The molecule has 0 amide bonds. The molecule has 0 aromatic heterocycles. The van der Waals surface area contributed by atoms with Gasteiger partial charge < -0.3 is 14.3 Å². The Morgan fingerprint density at radius 1 is 1.00 bits per heavy atom. The van der Waals surface area contributed by atoms with E-state index in [0.717, 1.165) is 22.6 Å². The maximum atomic E-state index is 5.28. The normalized spacial score (nSPS) is 10.5. The topological polar surface area (TPSA) is 40.0 Å². The first-order valence-electron chi connectivity index (χ1n) is 6.25. The van der Waals surface area contributed by atoms with E-state index in [1.807, 2.05) is 48.5 Å². The summed E-state index contributed by atoms with van der Waals surface area (Å²) in [5.41, 5.74) is 1.88. The zero-order valence-electron chi connectivity index (χ0n) is 11.6. The zero-order valence-corrected chi connectivity index (χ0v) is 11.6. The van der Waals surface area contributed by atoms with Crippen molar-refractivity contribution < 1.29 is 14.3 Å². The molecule has 0 unspecified atom stereocenters. The molecular formula is C16H17NO3. The number of benzene rings is 2. The molecule has 0 saturated heterocycles. The highest BCUT2D eigenvalue weighted by molar-refractivity contribution is 5.82. The molecule has 0 N–H and O–H groups in total. The van der Waals surface area contributed by atoms with Gasteiger partial charge >= 0.3 is 0 Å². The van der Waals surface area contributed by atoms with E-state index in [4.69, 9.17) is 14.3 Å². The molecule has 4 heteroatoms. The summed E-state index contributed by atoms with van der Waals surface area (Å²) in [6.45, 7) is 0.392. The lowest BCUT2D eigenvalue weighted by Crippen LogP contribution is -1.92. The summed E-state index contributed by atoms with van der Waals surface area (Å²) >= 11 is 0. The predicted molar refractivity (Wildman–Crippen MR) is 78.4 cm³/mol. The van der Waals surface area contributed by atoms with Crippen LogP contribution in [0.5, 0.6) is 11.5 Å². The summed E-state index contributed by atoms with van der Waals surface area (Å²) in [5.74, 6) is 1.57. The third-order valence-corrected chi connectivity index (χ3v) is 2.77. The van der Waals surface area contributed by atoms with Crippen LogP contribution in [-0.2, 0) is 11.4 Å². The van der Waals surface area contributed by atoms with Gasteiger partial charge in [-0.05, 0) is 29.8 Å². The summed E-state index contributed by atoms with van der Waals surface area (Å²) in [7, 11) is 3.27. The lowest BCUT2D eigenvalue weighted by molar-refractivity contribution is 0.132. The minimum atomic E-state index is 0.392. The van der Waals surface area contributed by atoms with Gasteiger partial charge in [-0.3, -0.25) is 0 Å². The van der Waals surface area contributed by atoms with Gasteiger partial charge in [-0.15, -0.1) is 0 Å². The van der Waals surface area contributed by atoms with Crippen molar-refractivity contribution in [1.29, 1.82) is 0 Å². The van der Waals surface area contributed by atoms with Crippen LogP contribution < -0.4 is 9.47 Å². The molecule has 2 aromatic rings. The lowest BCUT2D eigenvalue weighted by Gasteiger charge is -2.04. The van der Waals surface area contributed by atoms with Crippen LogP contribution >= 0.6 is 0 Å². The van der Waals surface area contributed by atoms with Gasteiger partial charge in [-0.25, -0.2) is 0 Å². The first kappa shape index (κ1) is 13.9. The molecule has 0 heterocycles. The fourth-order valence-corrected chi connectivity index (χ4v) is 1.74. The van der Waals surface area contributed by atoms with Crippen molar-refractivity contribution >= 4 is 6.21 Å². The van der Waals surface area contributed by atoms with Crippen molar-refractivity contribution in [3.63, 3.8) is 0 Å². The smallest absolute Gasteiger partial charge is 0.142 e. The fourth-order valence-electron chi connectivity index (χ4n) is 1.74. The van der Waals surface area contributed by atoms with Crippen LogP contribution in [0.25, 0.3) is 0 Å². The van der Waals surface area contributed by atoms with Gasteiger partial charge in [-0.1, -0.05) is 29.4 Å². The monoisotopic (exact) mass is 271 g/mol. The van der Waals surface area contributed by atoms with E-state index in [9.17, 15) is 0 Å². The second-order valence-corrected chi connectivity index (χ2v) is 4.10. The van der Waals surface area contributed by atoms with Crippen LogP contribution in [-0.4, -0.2) is 20.4 Å². The molecule has 104 valence electrons. The highest BCUT2D eigenvalue weighted by atomic mass is 16.6. The Labute approximate surface area is 118 Å². The van der Waals surface area contributed by atoms with Crippen molar-refractivity contribution in [2.45, 2.75) is 6.61 Å². The number of oxime groups is 1. The molecule has 0 aliphatic heterocycles. The lowest BCUT2D eigenvalue weighted by atomic mass is 10.2. The molecule has 4 nitrogen and oxygen atoms in total. The number of methoxy groups -OCH3 is 2. The summed E-state index contributed by atoms with van der Waals surface area (Å²) < 4.78 is 10.4. The van der Waals surface area contributed by atoms with Crippen LogP contribution in [0.4, 0.5) is 0 Å². The predicted octanol–water partition coefficient (Wildman–Crippen LogP) is 3.25. The number of hydrogen-bond acceptors (Lipinski definition) is 4. The van der Waals surface area contributed by atoms with Gasteiger partial charge in [0.25, 0.3) is 0 Å². The van der Waals surface area contributed by atoms with E-state index in [1.54, 1.807) is 20.4 Å². The zero-order chi connectivity index (χ0) is 14.2. The second-order valence-electron chi connectivity index (χ2n) is 4.10. The quantitative estimate of drug-likeness (QED) is 0.598. The Hall–Kier alpha value is -2.49. The number of hydrogen-bond donors (Lipinski definition) is 0. The summed E-state index contributed by atoms with van der Waals surface area (Å²) in [4.78, 5) is 5.28. The third-order valence-electron chi connectivity index (χ3n) is 2.77. The molecular weight excluding hydrogens is 254 g/mol. The molecule has 0 atom stereocenters. The first-order chi connectivity index (χ1) is 9.83. The average Bonchev–Trinajstić information content (AvgIpc) is 2.52. The van der Waals surface area contributed by atoms with Gasteiger partial charge in [0.05, 0.1) is 20.4 Å². The van der Waals surface area contributed by atoms with Gasteiger partial charge in [0.2, 0.25) is 0 Å². The van der Waals surface area contributed by atoms with E-state index in [-0.39, 0.29) is 0 Å². The third kappa shape index (κ3) is 3.75. The maximum absolute atomic E-state index is 5.28. The average molecular weight is 271 g/mol. The van der Waals surface area contributed by atoms with E-state index in [1.165, 1.54) is 0 Å². The van der Waals surface area contributed by atoms with Crippen LogP contribution in [0.3, 0.4) is 0 Å². The molecule has 0 spiro atoms. The molecule has 0 bridgehead atoms. The number of para-hydroxylation sites is 1. The van der Waals surface area contributed by atoms with Gasteiger partial charge in [-0.2, -0.15) is 0 Å². The molecule has 20 heavy (non-hydrogen) atoms. The Morgan fingerprint density at radius 3 is 2.65 bits per heavy atom. The van der Waals surface area contributed by atoms with Crippen molar-refractivity contribution in [2.75, 3.05) is 14.2 Å². The molecule has 0 saturated carbocycles. The van der Waals surface area contributed by atoms with Crippen LogP contribution in [0, 0.1) is 0 Å². The largest absolute Gasteiger partial charge is 0.497 e. The molecule has 2 aromatic carbocycles. The maximum Gasteiger partial charge on any atom is 0.142 e.